The van der Waals surface area contributed by atoms with Crippen molar-refractivity contribution < 1.29 is 0 Å². The van der Waals surface area contributed by atoms with Gasteiger partial charge in [-0.25, -0.2) is 0 Å². The quantitative estimate of drug-likeness (QED) is 0.872. The first-order chi connectivity index (χ1) is 9.33. The Hall–Kier alpha value is -1.02. The zero-order valence-corrected chi connectivity index (χ0v) is 12.1. The van der Waals surface area contributed by atoms with Crippen molar-refractivity contribution in [1.82, 2.24) is 5.32 Å². The average molecular weight is 258 g/mol. The maximum absolute atomic E-state index is 3.63. The third-order valence-corrected chi connectivity index (χ3v) is 4.67. The number of anilines is 1. The van der Waals surface area contributed by atoms with Crippen LogP contribution in [0.1, 0.15) is 44.6 Å². The lowest BCUT2D eigenvalue weighted by Gasteiger charge is -2.32. The Bertz CT molecular complexity index is 409. The van der Waals surface area contributed by atoms with Gasteiger partial charge in [-0.15, -0.1) is 0 Å². The summed E-state index contributed by atoms with van der Waals surface area (Å²) in [5.41, 5.74) is 2.92. The highest BCUT2D eigenvalue weighted by molar-refractivity contribution is 5.54. The highest BCUT2D eigenvalue weighted by Gasteiger charge is 2.22. The molecule has 1 fully saturated rings. The SMILES string of the molecule is CC1CN(CC2CCCCC2)c2ccccc2CN1. The number of rotatable bonds is 2. The van der Waals surface area contributed by atoms with Gasteiger partial charge in [-0.05, 0) is 37.3 Å². The third-order valence-electron chi connectivity index (χ3n) is 4.67. The van der Waals surface area contributed by atoms with Crippen LogP contribution in [0.25, 0.3) is 0 Å². The van der Waals surface area contributed by atoms with Crippen molar-refractivity contribution in [2.45, 2.75) is 51.6 Å². The van der Waals surface area contributed by atoms with Gasteiger partial charge in [-0.2, -0.15) is 0 Å². The minimum atomic E-state index is 0.580. The summed E-state index contributed by atoms with van der Waals surface area (Å²) in [7, 11) is 0. The van der Waals surface area contributed by atoms with E-state index in [2.05, 4.69) is 41.4 Å². The van der Waals surface area contributed by atoms with Gasteiger partial charge in [0.2, 0.25) is 0 Å². The molecule has 104 valence electrons. The normalized spacial score (nSPS) is 24.9. The van der Waals surface area contributed by atoms with Crippen molar-refractivity contribution in [1.29, 1.82) is 0 Å². The lowest BCUT2D eigenvalue weighted by molar-refractivity contribution is 0.355. The number of nitrogens with one attached hydrogen (secondary N) is 1. The number of hydrogen-bond donors (Lipinski definition) is 1. The molecule has 0 spiro atoms. The zero-order valence-electron chi connectivity index (χ0n) is 12.1. The first-order valence-corrected chi connectivity index (χ1v) is 7.89. The first kappa shape index (κ1) is 13.0. The molecule has 2 nitrogen and oxygen atoms in total. The summed E-state index contributed by atoms with van der Waals surface area (Å²) < 4.78 is 0. The van der Waals surface area contributed by atoms with Gasteiger partial charge in [0.05, 0.1) is 0 Å². The Labute approximate surface area is 117 Å². The van der Waals surface area contributed by atoms with Crippen LogP contribution in [0, 0.1) is 5.92 Å². The van der Waals surface area contributed by atoms with Gasteiger partial charge < -0.3 is 10.2 Å². The molecule has 1 aromatic carbocycles. The summed E-state index contributed by atoms with van der Waals surface area (Å²) in [6, 6.07) is 9.50. The average Bonchev–Trinajstić information content (AvgIpc) is 2.60. The first-order valence-electron chi connectivity index (χ1n) is 7.89. The summed E-state index contributed by atoms with van der Waals surface area (Å²) in [4.78, 5) is 2.63. The summed E-state index contributed by atoms with van der Waals surface area (Å²) in [6.07, 6.45) is 7.19. The van der Waals surface area contributed by atoms with Crippen molar-refractivity contribution in [2.75, 3.05) is 18.0 Å². The highest BCUT2D eigenvalue weighted by Crippen LogP contribution is 2.29. The second-order valence-electron chi connectivity index (χ2n) is 6.32. The number of nitrogens with zero attached hydrogens (tertiary/aromatic N) is 1. The standard InChI is InChI=1S/C17H26N2/c1-14-12-19(13-15-7-3-2-4-8-15)17-10-6-5-9-16(17)11-18-14/h5-6,9-10,14-15,18H,2-4,7-8,11-13H2,1H3. The van der Waals surface area contributed by atoms with E-state index in [1.807, 2.05) is 0 Å². The summed E-state index contributed by atoms with van der Waals surface area (Å²) in [5.74, 6) is 0.909. The Morgan fingerprint density at radius 3 is 2.79 bits per heavy atom. The Balaban J connectivity index is 1.77. The Morgan fingerprint density at radius 2 is 1.95 bits per heavy atom. The number of fused-ring (bicyclic) bond motifs is 1. The van der Waals surface area contributed by atoms with Crippen molar-refractivity contribution in [3.05, 3.63) is 29.8 Å². The summed E-state index contributed by atoms with van der Waals surface area (Å²) in [5, 5.41) is 3.63. The smallest absolute Gasteiger partial charge is 0.0412 e. The van der Waals surface area contributed by atoms with Crippen molar-refractivity contribution in [2.24, 2.45) is 5.92 Å². The Morgan fingerprint density at radius 1 is 1.16 bits per heavy atom. The van der Waals surface area contributed by atoms with Crippen LogP contribution in [0.4, 0.5) is 5.69 Å². The molecule has 0 bridgehead atoms. The van der Waals surface area contributed by atoms with Crippen molar-refractivity contribution >= 4 is 5.69 Å². The molecule has 2 aliphatic rings. The highest BCUT2D eigenvalue weighted by atomic mass is 15.2. The van der Waals surface area contributed by atoms with Crippen LogP contribution in [0.3, 0.4) is 0 Å². The third kappa shape index (κ3) is 3.11. The van der Waals surface area contributed by atoms with E-state index in [4.69, 9.17) is 0 Å². The van der Waals surface area contributed by atoms with Crippen LogP contribution in [0.5, 0.6) is 0 Å². The predicted octanol–water partition coefficient (Wildman–Crippen LogP) is 3.57. The molecule has 0 saturated heterocycles. The monoisotopic (exact) mass is 258 g/mol. The fraction of sp³-hybridized carbons (Fsp3) is 0.647. The molecule has 1 aliphatic heterocycles. The molecule has 1 N–H and O–H groups in total. The molecule has 1 heterocycles. The van der Waals surface area contributed by atoms with E-state index < -0.39 is 0 Å². The van der Waals surface area contributed by atoms with E-state index in [1.165, 1.54) is 49.9 Å². The van der Waals surface area contributed by atoms with Crippen LogP contribution in [-0.4, -0.2) is 19.1 Å². The minimum Gasteiger partial charge on any atom is -0.369 e. The molecule has 0 amide bonds. The van der Waals surface area contributed by atoms with Gasteiger partial charge in [0.15, 0.2) is 0 Å². The van der Waals surface area contributed by atoms with Crippen molar-refractivity contribution in [3.8, 4) is 0 Å². The summed E-state index contributed by atoms with van der Waals surface area (Å²) in [6.45, 7) is 5.72. The summed E-state index contributed by atoms with van der Waals surface area (Å²) >= 11 is 0. The van der Waals surface area contributed by atoms with Crippen LogP contribution >= 0.6 is 0 Å². The maximum atomic E-state index is 3.63. The maximum Gasteiger partial charge on any atom is 0.0412 e. The second kappa shape index (κ2) is 5.96. The topological polar surface area (TPSA) is 15.3 Å². The molecule has 1 aliphatic carbocycles. The van der Waals surface area contributed by atoms with Crippen molar-refractivity contribution in [3.63, 3.8) is 0 Å². The van der Waals surface area contributed by atoms with Gasteiger partial charge in [0.1, 0.15) is 0 Å². The van der Waals surface area contributed by atoms with E-state index in [0.29, 0.717) is 6.04 Å². The molecular weight excluding hydrogens is 232 g/mol. The predicted molar refractivity (Wildman–Crippen MR) is 81.5 cm³/mol. The molecule has 19 heavy (non-hydrogen) atoms. The molecular formula is C17H26N2. The minimum absolute atomic E-state index is 0.580. The van der Waals surface area contributed by atoms with Crippen LogP contribution in [0.15, 0.2) is 24.3 Å². The molecule has 2 heteroatoms. The lowest BCUT2D eigenvalue weighted by atomic mass is 9.88. The van der Waals surface area contributed by atoms with E-state index in [-0.39, 0.29) is 0 Å². The van der Waals surface area contributed by atoms with Gasteiger partial charge in [-0.1, -0.05) is 37.5 Å². The molecule has 1 saturated carbocycles. The number of para-hydroxylation sites is 1. The van der Waals surface area contributed by atoms with Gasteiger partial charge >= 0.3 is 0 Å². The molecule has 0 aromatic heterocycles. The van der Waals surface area contributed by atoms with E-state index in [9.17, 15) is 0 Å². The Kier molecular flexibility index (Phi) is 4.07. The van der Waals surface area contributed by atoms with Gasteiger partial charge in [0.25, 0.3) is 0 Å². The molecule has 3 rings (SSSR count). The number of benzene rings is 1. The fourth-order valence-corrected chi connectivity index (χ4v) is 3.60. The molecule has 1 unspecified atom stereocenters. The fourth-order valence-electron chi connectivity index (χ4n) is 3.60. The van der Waals surface area contributed by atoms with E-state index in [1.54, 1.807) is 0 Å². The van der Waals surface area contributed by atoms with Gasteiger partial charge in [-0.3, -0.25) is 0 Å². The van der Waals surface area contributed by atoms with E-state index in [0.717, 1.165) is 19.0 Å². The van der Waals surface area contributed by atoms with E-state index >= 15 is 0 Å². The van der Waals surface area contributed by atoms with Crippen LogP contribution < -0.4 is 10.2 Å². The molecule has 0 radical (unpaired) electrons. The molecule has 1 atom stereocenters. The lowest BCUT2D eigenvalue weighted by Crippen LogP contribution is -2.38. The van der Waals surface area contributed by atoms with Crippen LogP contribution in [-0.2, 0) is 6.54 Å². The largest absolute Gasteiger partial charge is 0.369 e. The second-order valence-corrected chi connectivity index (χ2v) is 6.32. The number of hydrogen-bond acceptors (Lipinski definition) is 2. The molecule has 1 aromatic rings. The van der Waals surface area contributed by atoms with Crippen LogP contribution in [0.2, 0.25) is 0 Å². The van der Waals surface area contributed by atoms with Gasteiger partial charge in [0, 0.05) is 31.4 Å². The zero-order chi connectivity index (χ0) is 13.1.